The summed E-state index contributed by atoms with van der Waals surface area (Å²) in [5.41, 5.74) is 0. The Morgan fingerprint density at radius 1 is 1.50 bits per heavy atom. The molecule has 0 aliphatic rings. The summed E-state index contributed by atoms with van der Waals surface area (Å²) in [5, 5.41) is 0. The summed E-state index contributed by atoms with van der Waals surface area (Å²) in [6, 6.07) is 0. The van der Waals surface area contributed by atoms with Gasteiger partial charge in [-0.3, -0.25) is 4.57 Å². The van der Waals surface area contributed by atoms with Gasteiger partial charge in [-0.05, 0) is 0 Å². The van der Waals surface area contributed by atoms with Crippen LogP contribution in [0.1, 0.15) is 2.85 Å². The summed E-state index contributed by atoms with van der Waals surface area (Å²) < 4.78 is 8.74. The van der Waals surface area contributed by atoms with Crippen LogP contribution in [0, 0.1) is 0 Å². The molecule has 0 aromatic rings. The predicted octanol–water partition coefficient (Wildman–Crippen LogP) is -0.798. The van der Waals surface area contributed by atoms with Crippen LogP contribution in [0.2, 0.25) is 0 Å². The molecule has 6 heteroatoms. The fourth-order valence-electron chi connectivity index (χ4n) is 0. The molecule has 2 N–H and O–H groups in total. The second-order valence-corrected chi connectivity index (χ2v) is 0.848. The maximum Gasteiger partial charge on any atom is 2.00 e. The van der Waals surface area contributed by atoms with Crippen molar-refractivity contribution in [3.05, 3.63) is 0 Å². The predicted molar refractivity (Wildman–Crippen MR) is 21.4 cm³/mol. The zero-order valence-corrected chi connectivity index (χ0v) is 9.39. The number of hydrogen-bond acceptors (Lipinski definition) is 1. The van der Waals surface area contributed by atoms with Gasteiger partial charge in [-0.2, -0.15) is 0 Å². The summed E-state index contributed by atoms with van der Waals surface area (Å²) in [4.78, 5) is 14.3. The van der Waals surface area contributed by atoms with Crippen molar-refractivity contribution in [3.8, 4) is 0 Å². The summed E-state index contributed by atoms with van der Waals surface area (Å²) in [7, 11) is -3.13. The van der Waals surface area contributed by atoms with E-state index in [-0.39, 0.29) is 60.1 Å². The van der Waals surface area contributed by atoms with E-state index in [1.165, 1.54) is 0 Å². The molecule has 0 unspecified atom stereocenters. The second kappa shape index (κ2) is 10.1. The topological polar surface area (TPSA) is 57.5 Å². The van der Waals surface area contributed by atoms with Crippen molar-refractivity contribution in [1.82, 2.24) is 0 Å². The van der Waals surface area contributed by atoms with E-state index in [9.17, 15) is 0 Å². The van der Waals surface area contributed by atoms with Crippen LogP contribution in [0.15, 0.2) is 0 Å². The minimum absolute atomic E-state index is 0. The summed E-state index contributed by atoms with van der Waals surface area (Å²) in [6.45, 7) is 0. The van der Waals surface area contributed by atoms with Crippen LogP contribution in [-0.4, -0.2) is 47.5 Å². The Labute approximate surface area is 81.8 Å². The molecule has 0 aromatic heterocycles. The van der Waals surface area contributed by atoms with Crippen molar-refractivity contribution in [1.29, 1.82) is 0 Å². The second-order valence-electron chi connectivity index (χ2n) is 0.283. The van der Waals surface area contributed by atoms with E-state index in [2.05, 4.69) is 0 Å². The zero-order valence-electron chi connectivity index (χ0n) is 5.22. The zero-order chi connectivity index (χ0) is 3.58. The summed E-state index contributed by atoms with van der Waals surface area (Å²) >= 11 is 0. The minimum atomic E-state index is -3.13. The standard InChI is InChI=1S/Ca.H3O3P.Zn.2H/c;1-4(2)3;;;/h;4H,(H2,1,2,3);;;/q+2;;;2*-1. The van der Waals surface area contributed by atoms with Gasteiger partial charge in [0.2, 0.25) is 0 Å². The van der Waals surface area contributed by atoms with E-state index >= 15 is 0 Å². The number of rotatable bonds is 0. The normalized spacial score (nSPS) is 5.83. The summed E-state index contributed by atoms with van der Waals surface area (Å²) in [6.07, 6.45) is 0. The van der Waals surface area contributed by atoms with Crippen LogP contribution in [0.3, 0.4) is 0 Å². The molecular weight excluding hydrogens is 184 g/mol. The van der Waals surface area contributed by atoms with Crippen molar-refractivity contribution in [2.75, 3.05) is 0 Å². The van der Waals surface area contributed by atoms with E-state index in [1.54, 1.807) is 0 Å². The summed E-state index contributed by atoms with van der Waals surface area (Å²) in [5.74, 6) is 0. The molecule has 0 spiro atoms. The van der Waals surface area contributed by atoms with Gasteiger partial charge in [-0.15, -0.1) is 0 Å². The van der Waals surface area contributed by atoms with E-state index in [1.807, 2.05) is 0 Å². The van der Waals surface area contributed by atoms with Gasteiger partial charge in [0, 0.05) is 19.5 Å². The van der Waals surface area contributed by atoms with Gasteiger partial charge in [0.1, 0.15) is 0 Å². The molecule has 0 aliphatic heterocycles. The van der Waals surface area contributed by atoms with Gasteiger partial charge < -0.3 is 12.6 Å². The monoisotopic (exact) mass is 188 g/mol. The molecule has 0 aliphatic carbocycles. The van der Waals surface area contributed by atoms with Gasteiger partial charge in [0.15, 0.2) is 0 Å². The van der Waals surface area contributed by atoms with Gasteiger partial charge in [0.05, 0.1) is 0 Å². The van der Waals surface area contributed by atoms with Crippen LogP contribution >= 0.6 is 8.25 Å². The molecule has 0 atom stereocenters. The Bertz CT molecular complexity index is 40.3. The van der Waals surface area contributed by atoms with Gasteiger partial charge in [-0.25, -0.2) is 0 Å². The smallest absolute Gasteiger partial charge is 1.00 e. The van der Waals surface area contributed by atoms with Crippen molar-refractivity contribution < 1.29 is 36.7 Å². The maximum atomic E-state index is 8.74. The molecule has 0 fully saturated rings. The fourth-order valence-corrected chi connectivity index (χ4v) is 0. The minimum Gasteiger partial charge on any atom is -1.00 e. The van der Waals surface area contributed by atoms with Gasteiger partial charge >= 0.3 is 46.0 Å². The van der Waals surface area contributed by atoms with E-state index < -0.39 is 8.25 Å². The molecule has 0 radical (unpaired) electrons. The van der Waals surface area contributed by atoms with Crippen LogP contribution in [0.5, 0.6) is 0 Å². The molecular formula is H5CaO3PZn. The van der Waals surface area contributed by atoms with Crippen LogP contribution in [0.4, 0.5) is 0 Å². The van der Waals surface area contributed by atoms with Crippen molar-refractivity contribution >= 4 is 46.0 Å². The molecule has 0 saturated heterocycles. The van der Waals surface area contributed by atoms with Crippen LogP contribution in [-0.2, 0) is 24.0 Å². The van der Waals surface area contributed by atoms with Crippen LogP contribution < -0.4 is 0 Å². The Balaban J connectivity index is -0.00000000750. The Morgan fingerprint density at radius 2 is 1.50 bits per heavy atom. The average Bonchev–Trinajstić information content (AvgIpc) is 0.811. The third-order valence-corrected chi connectivity index (χ3v) is 0. The van der Waals surface area contributed by atoms with Crippen molar-refractivity contribution in [2.24, 2.45) is 0 Å². The number of hydrogen-bond donors (Lipinski definition) is 2. The van der Waals surface area contributed by atoms with E-state index in [4.69, 9.17) is 14.4 Å². The third-order valence-electron chi connectivity index (χ3n) is 0. The fraction of sp³-hybridized carbons (Fsp3) is 0. The SMILES string of the molecule is O=[PH](O)O.[Ca+2].[H-].[H-].[Zn]. The molecule has 3 nitrogen and oxygen atoms in total. The van der Waals surface area contributed by atoms with E-state index in [0.717, 1.165) is 0 Å². The Kier molecular flexibility index (Phi) is 26.4. The molecule has 6 heavy (non-hydrogen) atoms. The Hall–Kier alpha value is 2.03. The first kappa shape index (κ1) is 15.7. The quantitative estimate of drug-likeness (QED) is 0.388. The third kappa shape index (κ3) is 37.0. The first-order valence-corrected chi connectivity index (χ1v) is 1.95. The van der Waals surface area contributed by atoms with Crippen molar-refractivity contribution in [3.63, 3.8) is 0 Å². The molecule has 0 aromatic carbocycles. The maximum absolute atomic E-state index is 8.74. The first-order valence-electron chi connectivity index (χ1n) is 0.651. The average molecular weight is 189 g/mol. The van der Waals surface area contributed by atoms with Crippen LogP contribution in [0.25, 0.3) is 0 Å². The van der Waals surface area contributed by atoms with Crippen molar-refractivity contribution in [2.45, 2.75) is 0 Å². The molecule has 0 bridgehead atoms. The molecule has 0 saturated carbocycles. The van der Waals surface area contributed by atoms with Gasteiger partial charge in [-0.1, -0.05) is 0 Å². The van der Waals surface area contributed by atoms with Gasteiger partial charge in [0.25, 0.3) is 0 Å². The molecule has 0 heterocycles. The molecule has 0 rings (SSSR count). The molecule has 0 amide bonds. The van der Waals surface area contributed by atoms with E-state index in [0.29, 0.717) is 0 Å². The first-order chi connectivity index (χ1) is 1.73. The molecule has 32 valence electrons. The largest absolute Gasteiger partial charge is 2.00 e. The Morgan fingerprint density at radius 3 is 1.50 bits per heavy atom.